The minimum atomic E-state index is 0. The smallest absolute Gasteiger partial charge is 0.194 e. The van der Waals surface area contributed by atoms with Gasteiger partial charge in [-0.25, -0.2) is 0 Å². The predicted octanol–water partition coefficient (Wildman–Crippen LogP) is 3.02. The number of hydrogen-bond acceptors (Lipinski definition) is 5. The van der Waals surface area contributed by atoms with Crippen molar-refractivity contribution in [2.75, 3.05) is 50.8 Å². The number of ether oxygens (including phenoxy) is 1. The van der Waals surface area contributed by atoms with Gasteiger partial charge in [0.25, 0.3) is 0 Å². The Kier molecular flexibility index (Phi) is 9.78. The maximum absolute atomic E-state index is 5.80. The van der Waals surface area contributed by atoms with Gasteiger partial charge in [0.05, 0.1) is 12.6 Å². The molecule has 2 aromatic rings. The van der Waals surface area contributed by atoms with E-state index < -0.39 is 0 Å². The third kappa shape index (κ3) is 6.59. The molecule has 2 aliphatic heterocycles. The van der Waals surface area contributed by atoms with E-state index in [1.54, 1.807) is 0 Å². The fourth-order valence-corrected chi connectivity index (χ4v) is 4.51. The molecule has 9 heteroatoms. The van der Waals surface area contributed by atoms with Crippen LogP contribution in [0.1, 0.15) is 36.7 Å². The number of benzene rings is 1. The minimum absolute atomic E-state index is 0. The number of hydrogen-bond donors (Lipinski definition) is 1. The maximum atomic E-state index is 5.80. The summed E-state index contributed by atoms with van der Waals surface area (Å²) >= 11 is 0. The van der Waals surface area contributed by atoms with E-state index >= 15 is 0 Å². The first-order valence-corrected chi connectivity index (χ1v) is 12.0. The van der Waals surface area contributed by atoms with Gasteiger partial charge in [-0.1, -0.05) is 19.1 Å². The third-order valence-electron chi connectivity index (χ3n) is 6.61. The average Bonchev–Trinajstić information content (AvgIpc) is 3.50. The van der Waals surface area contributed by atoms with Gasteiger partial charge in [-0.15, -0.1) is 34.2 Å². The Morgan fingerprint density at radius 3 is 2.76 bits per heavy atom. The summed E-state index contributed by atoms with van der Waals surface area (Å²) in [4.78, 5) is 9.86. The van der Waals surface area contributed by atoms with Gasteiger partial charge in [-0.05, 0) is 43.9 Å². The van der Waals surface area contributed by atoms with Crippen molar-refractivity contribution in [1.29, 1.82) is 0 Å². The Morgan fingerprint density at radius 1 is 1.21 bits per heavy atom. The van der Waals surface area contributed by atoms with Crippen molar-refractivity contribution in [3.8, 4) is 0 Å². The second-order valence-corrected chi connectivity index (χ2v) is 8.71. The lowest BCUT2D eigenvalue weighted by atomic mass is 10.1. The Balaban J connectivity index is 0.00000306. The first kappa shape index (κ1) is 25.7. The molecule has 2 aliphatic rings. The molecule has 0 bridgehead atoms. The Hall–Kier alpha value is -1.88. The largest absolute Gasteiger partial charge is 0.376 e. The Bertz CT molecular complexity index is 902. The lowest BCUT2D eigenvalue weighted by Crippen LogP contribution is -2.53. The Labute approximate surface area is 214 Å². The van der Waals surface area contributed by atoms with Crippen LogP contribution in [-0.4, -0.2) is 77.6 Å². The van der Waals surface area contributed by atoms with Crippen molar-refractivity contribution in [2.45, 2.75) is 52.7 Å². The van der Waals surface area contributed by atoms with E-state index in [9.17, 15) is 0 Å². The third-order valence-corrected chi connectivity index (χ3v) is 6.61. The summed E-state index contributed by atoms with van der Waals surface area (Å²) in [5, 5.41) is 11.8. The molecule has 182 valence electrons. The summed E-state index contributed by atoms with van der Waals surface area (Å²) in [7, 11) is 0. The van der Waals surface area contributed by atoms with Crippen molar-refractivity contribution < 1.29 is 4.74 Å². The number of rotatable bonds is 7. The maximum Gasteiger partial charge on any atom is 0.194 e. The summed E-state index contributed by atoms with van der Waals surface area (Å²) in [5.74, 6) is 2.01. The van der Waals surface area contributed by atoms with Crippen LogP contribution in [0.5, 0.6) is 0 Å². The predicted molar refractivity (Wildman–Crippen MR) is 144 cm³/mol. The van der Waals surface area contributed by atoms with Gasteiger partial charge in [0.15, 0.2) is 5.96 Å². The van der Waals surface area contributed by atoms with Gasteiger partial charge < -0.3 is 24.4 Å². The van der Waals surface area contributed by atoms with Crippen molar-refractivity contribution in [3.63, 3.8) is 0 Å². The molecule has 2 saturated heterocycles. The number of halogens is 1. The molecule has 0 saturated carbocycles. The first-order chi connectivity index (χ1) is 15.7. The highest BCUT2D eigenvalue weighted by Crippen LogP contribution is 2.24. The van der Waals surface area contributed by atoms with Crippen LogP contribution >= 0.6 is 24.0 Å². The summed E-state index contributed by atoms with van der Waals surface area (Å²) in [6.07, 6.45) is 5.21. The zero-order valence-electron chi connectivity index (χ0n) is 20.2. The molecule has 0 aliphatic carbocycles. The van der Waals surface area contributed by atoms with Crippen LogP contribution in [0.3, 0.4) is 0 Å². The van der Waals surface area contributed by atoms with E-state index in [4.69, 9.17) is 9.73 Å². The summed E-state index contributed by atoms with van der Waals surface area (Å²) in [6.45, 7) is 13.7. The normalized spacial score (nSPS) is 19.0. The number of piperazine rings is 1. The minimum Gasteiger partial charge on any atom is -0.376 e. The fourth-order valence-electron chi connectivity index (χ4n) is 4.51. The highest BCUT2D eigenvalue weighted by atomic mass is 127. The number of aliphatic imine (C=N–C) groups is 1. The highest BCUT2D eigenvalue weighted by molar-refractivity contribution is 14.0. The van der Waals surface area contributed by atoms with Gasteiger partial charge >= 0.3 is 0 Å². The summed E-state index contributed by atoms with van der Waals surface area (Å²) < 4.78 is 7.92. The highest BCUT2D eigenvalue weighted by Gasteiger charge is 2.22. The SMILES string of the molecule is CCc1nncn1CCNC(=NCC1CCCO1)N1CCN(c2cccc(C)c2C)CC1.I. The number of anilines is 1. The van der Waals surface area contributed by atoms with Crippen LogP contribution in [0.2, 0.25) is 0 Å². The molecule has 1 aromatic carbocycles. The lowest BCUT2D eigenvalue weighted by molar-refractivity contribution is 0.117. The molecule has 0 radical (unpaired) electrons. The zero-order valence-corrected chi connectivity index (χ0v) is 22.5. The van der Waals surface area contributed by atoms with Gasteiger partial charge in [-0.3, -0.25) is 4.99 Å². The molecule has 1 atom stereocenters. The monoisotopic (exact) mass is 567 g/mol. The topological polar surface area (TPSA) is 70.8 Å². The van der Waals surface area contributed by atoms with E-state index in [1.165, 1.54) is 16.8 Å². The quantitative estimate of drug-likeness (QED) is 0.315. The van der Waals surface area contributed by atoms with Crippen molar-refractivity contribution >= 4 is 35.6 Å². The van der Waals surface area contributed by atoms with Crippen LogP contribution < -0.4 is 10.2 Å². The number of guanidine groups is 1. The molecule has 1 unspecified atom stereocenters. The lowest BCUT2D eigenvalue weighted by Gasteiger charge is -2.38. The van der Waals surface area contributed by atoms with Crippen molar-refractivity contribution in [3.05, 3.63) is 41.5 Å². The van der Waals surface area contributed by atoms with Crippen LogP contribution in [0.25, 0.3) is 0 Å². The van der Waals surface area contributed by atoms with Crippen LogP contribution in [0.15, 0.2) is 29.5 Å². The van der Waals surface area contributed by atoms with E-state index in [-0.39, 0.29) is 30.1 Å². The average molecular weight is 568 g/mol. The first-order valence-electron chi connectivity index (χ1n) is 12.0. The summed E-state index contributed by atoms with van der Waals surface area (Å²) in [6, 6.07) is 6.59. The van der Waals surface area contributed by atoms with Gasteiger partial charge in [-0.2, -0.15) is 0 Å². The number of aryl methyl sites for hydroxylation is 2. The molecule has 0 spiro atoms. The molecule has 4 rings (SSSR count). The molecule has 33 heavy (non-hydrogen) atoms. The second-order valence-electron chi connectivity index (χ2n) is 8.71. The number of nitrogens with one attached hydrogen (secondary N) is 1. The van der Waals surface area contributed by atoms with Crippen LogP contribution in [0, 0.1) is 13.8 Å². The molecule has 2 fully saturated rings. The van der Waals surface area contributed by atoms with Gasteiger partial charge in [0.1, 0.15) is 12.2 Å². The second kappa shape index (κ2) is 12.5. The summed E-state index contributed by atoms with van der Waals surface area (Å²) in [5.41, 5.74) is 4.09. The molecule has 1 aromatic heterocycles. The van der Waals surface area contributed by atoms with E-state index in [0.717, 1.165) is 83.5 Å². The Morgan fingerprint density at radius 2 is 2.03 bits per heavy atom. The molecule has 0 amide bonds. The van der Waals surface area contributed by atoms with Crippen LogP contribution in [0.4, 0.5) is 5.69 Å². The molecule has 8 nitrogen and oxygen atoms in total. The number of nitrogens with zero attached hydrogens (tertiary/aromatic N) is 6. The van der Waals surface area contributed by atoms with E-state index in [2.05, 4.69) is 68.9 Å². The number of aromatic nitrogens is 3. The zero-order chi connectivity index (χ0) is 22.3. The van der Waals surface area contributed by atoms with Crippen molar-refractivity contribution in [1.82, 2.24) is 25.0 Å². The van der Waals surface area contributed by atoms with E-state index in [0.29, 0.717) is 0 Å². The fraction of sp³-hybridized carbons (Fsp3) is 0.625. The molecule has 3 heterocycles. The molecule has 1 N–H and O–H groups in total. The van der Waals surface area contributed by atoms with Gasteiger partial charge in [0, 0.05) is 58.0 Å². The van der Waals surface area contributed by atoms with Crippen LogP contribution in [-0.2, 0) is 17.7 Å². The molecular formula is C24H38IN7O. The standard InChI is InChI=1S/C24H37N7O.HI/c1-4-23-28-27-18-31(23)11-10-25-24(26-17-21-8-6-16-32-21)30-14-12-29(13-15-30)22-9-5-7-19(2)20(22)3;/h5,7,9,18,21H,4,6,8,10-17H2,1-3H3,(H,25,26);1H. The van der Waals surface area contributed by atoms with E-state index in [1.807, 2.05) is 6.33 Å². The molecular weight excluding hydrogens is 529 g/mol. The van der Waals surface area contributed by atoms with Crippen molar-refractivity contribution in [2.24, 2.45) is 4.99 Å². The van der Waals surface area contributed by atoms with Gasteiger partial charge in [0.2, 0.25) is 0 Å².